The standard InChI is InChI=1S/C19H15ClO5/c1-19(2)6-11-14(25-8-19)5-15-16(17(11)20)10-3-9(18(22)23)4-13(21)12(10)7-24-15/h3-5,7H,6,8H2,1-2H3,(H,22,23). The van der Waals surface area contributed by atoms with Crippen molar-refractivity contribution in [1.29, 1.82) is 0 Å². The summed E-state index contributed by atoms with van der Waals surface area (Å²) in [5, 5.41) is 10.2. The van der Waals surface area contributed by atoms with Gasteiger partial charge in [-0.15, -0.1) is 0 Å². The number of rotatable bonds is 1. The molecule has 0 bridgehead atoms. The first kappa shape index (κ1) is 16.0. The van der Waals surface area contributed by atoms with Gasteiger partial charge in [0, 0.05) is 34.1 Å². The minimum atomic E-state index is -1.16. The van der Waals surface area contributed by atoms with Crippen LogP contribution in [-0.4, -0.2) is 17.7 Å². The van der Waals surface area contributed by atoms with Crippen LogP contribution in [0.4, 0.5) is 0 Å². The Balaban J connectivity index is 2.11. The summed E-state index contributed by atoms with van der Waals surface area (Å²) in [5.41, 5.74) is 1.53. The monoisotopic (exact) mass is 358 g/mol. The van der Waals surface area contributed by atoms with Gasteiger partial charge in [-0.05, 0) is 12.5 Å². The van der Waals surface area contributed by atoms with Crippen LogP contribution in [0.3, 0.4) is 0 Å². The van der Waals surface area contributed by atoms with Gasteiger partial charge in [-0.3, -0.25) is 4.79 Å². The van der Waals surface area contributed by atoms with E-state index in [9.17, 15) is 14.7 Å². The van der Waals surface area contributed by atoms with Crippen molar-refractivity contribution in [2.75, 3.05) is 6.61 Å². The fraction of sp³-hybridized carbons (Fsp3) is 0.263. The summed E-state index contributed by atoms with van der Waals surface area (Å²) in [4.78, 5) is 23.6. The van der Waals surface area contributed by atoms with Crippen molar-refractivity contribution in [1.82, 2.24) is 0 Å². The second-order valence-corrected chi connectivity index (χ2v) is 7.52. The number of benzene rings is 2. The van der Waals surface area contributed by atoms with Gasteiger partial charge in [0.2, 0.25) is 0 Å². The van der Waals surface area contributed by atoms with Gasteiger partial charge < -0.3 is 14.3 Å². The maximum absolute atomic E-state index is 12.3. The predicted octanol–water partition coefficient (Wildman–Crippen LogP) is 4.21. The smallest absolute Gasteiger partial charge is 0.335 e. The van der Waals surface area contributed by atoms with Crippen LogP contribution in [0.5, 0.6) is 5.75 Å². The Morgan fingerprint density at radius 3 is 2.72 bits per heavy atom. The molecule has 0 amide bonds. The Hall–Kier alpha value is -2.53. The fourth-order valence-corrected chi connectivity index (χ4v) is 3.64. The van der Waals surface area contributed by atoms with Gasteiger partial charge in [0.15, 0.2) is 5.43 Å². The summed E-state index contributed by atoms with van der Waals surface area (Å²) in [6.07, 6.45) is 2.05. The number of ether oxygens (including phenoxy) is 1. The highest BCUT2D eigenvalue weighted by atomic mass is 35.5. The van der Waals surface area contributed by atoms with Gasteiger partial charge in [0.1, 0.15) is 17.6 Å². The van der Waals surface area contributed by atoms with E-state index in [1.165, 1.54) is 12.3 Å². The Kier molecular flexibility index (Phi) is 3.34. The van der Waals surface area contributed by atoms with Crippen molar-refractivity contribution in [2.45, 2.75) is 20.3 Å². The molecule has 0 unspecified atom stereocenters. The quantitative estimate of drug-likeness (QED) is 0.659. The van der Waals surface area contributed by atoms with Crippen molar-refractivity contribution in [2.24, 2.45) is 5.41 Å². The topological polar surface area (TPSA) is 76.7 Å². The normalized spacial score (nSPS) is 15.8. The largest absolute Gasteiger partial charge is 0.493 e. The molecule has 2 heterocycles. The lowest BCUT2D eigenvalue weighted by Crippen LogP contribution is -2.29. The molecule has 0 saturated carbocycles. The van der Waals surface area contributed by atoms with Crippen LogP contribution in [0.2, 0.25) is 5.02 Å². The number of hydrogen-bond acceptors (Lipinski definition) is 4. The molecule has 0 atom stereocenters. The van der Waals surface area contributed by atoms with E-state index in [1.54, 1.807) is 6.07 Å². The zero-order valence-corrected chi connectivity index (χ0v) is 14.4. The van der Waals surface area contributed by atoms with Crippen LogP contribution in [0.15, 0.2) is 33.7 Å². The van der Waals surface area contributed by atoms with E-state index in [1.807, 2.05) is 0 Å². The molecule has 0 aromatic heterocycles. The van der Waals surface area contributed by atoms with Crippen LogP contribution in [-0.2, 0) is 6.42 Å². The number of carboxylic acids is 1. The second kappa shape index (κ2) is 5.23. The van der Waals surface area contributed by atoms with Crippen molar-refractivity contribution in [3.8, 4) is 16.9 Å². The lowest BCUT2D eigenvalue weighted by atomic mass is 9.83. The van der Waals surface area contributed by atoms with E-state index < -0.39 is 11.4 Å². The van der Waals surface area contributed by atoms with Crippen LogP contribution < -0.4 is 10.2 Å². The molecule has 1 aliphatic carbocycles. The molecule has 4 rings (SSSR count). The average molecular weight is 359 g/mol. The Labute approximate surface area is 148 Å². The summed E-state index contributed by atoms with van der Waals surface area (Å²) < 4.78 is 11.4. The molecular weight excluding hydrogens is 344 g/mol. The first-order valence-corrected chi connectivity index (χ1v) is 8.21. The van der Waals surface area contributed by atoms with E-state index in [2.05, 4.69) is 13.8 Å². The van der Waals surface area contributed by atoms with E-state index in [-0.39, 0.29) is 11.0 Å². The third-order valence-corrected chi connectivity index (χ3v) is 4.94. The summed E-state index contributed by atoms with van der Waals surface area (Å²) in [7, 11) is 0. The molecule has 0 fully saturated rings. The maximum Gasteiger partial charge on any atom is 0.335 e. The Bertz CT molecular complexity index is 1060. The minimum Gasteiger partial charge on any atom is -0.493 e. The molecule has 1 aromatic carbocycles. The van der Waals surface area contributed by atoms with Gasteiger partial charge in [-0.1, -0.05) is 25.4 Å². The molecule has 0 spiro atoms. The second-order valence-electron chi connectivity index (χ2n) is 7.15. The summed E-state index contributed by atoms with van der Waals surface area (Å²) >= 11 is 6.66. The summed E-state index contributed by atoms with van der Waals surface area (Å²) in [6.45, 7) is 4.74. The average Bonchev–Trinajstić information content (AvgIpc) is 2.54. The van der Waals surface area contributed by atoms with E-state index >= 15 is 0 Å². The molecular formula is C19H15ClO5. The highest BCUT2D eigenvalue weighted by molar-refractivity contribution is 6.37. The zero-order chi connectivity index (χ0) is 17.9. The number of fused-ring (bicyclic) bond motifs is 4. The first-order chi connectivity index (χ1) is 11.8. The van der Waals surface area contributed by atoms with Crippen molar-refractivity contribution in [3.63, 3.8) is 0 Å². The van der Waals surface area contributed by atoms with Crippen LogP contribution in [0, 0.1) is 5.41 Å². The van der Waals surface area contributed by atoms with Gasteiger partial charge in [-0.25, -0.2) is 4.79 Å². The number of carboxylic acid groups (broad SMARTS) is 1. The highest BCUT2D eigenvalue weighted by Gasteiger charge is 2.31. The van der Waals surface area contributed by atoms with Crippen molar-refractivity contribution >= 4 is 28.5 Å². The number of hydrogen-bond donors (Lipinski definition) is 1. The van der Waals surface area contributed by atoms with E-state index in [4.69, 9.17) is 20.8 Å². The summed E-state index contributed by atoms with van der Waals surface area (Å²) in [6, 6.07) is 4.30. The van der Waals surface area contributed by atoms with Crippen LogP contribution in [0.1, 0.15) is 29.8 Å². The lowest BCUT2D eigenvalue weighted by Gasteiger charge is -2.32. The Morgan fingerprint density at radius 2 is 2.00 bits per heavy atom. The number of aromatic carboxylic acids is 1. The van der Waals surface area contributed by atoms with Crippen molar-refractivity contribution in [3.05, 3.63) is 50.8 Å². The lowest BCUT2D eigenvalue weighted by molar-refractivity contribution is 0.0697. The van der Waals surface area contributed by atoms with Gasteiger partial charge in [0.05, 0.1) is 22.8 Å². The fourth-order valence-electron chi connectivity index (χ4n) is 3.29. The first-order valence-electron chi connectivity index (χ1n) is 7.83. The third kappa shape index (κ3) is 2.46. The minimum absolute atomic E-state index is 0.0675. The molecule has 1 aromatic rings. The molecule has 128 valence electrons. The van der Waals surface area contributed by atoms with E-state index in [0.717, 1.165) is 18.1 Å². The molecule has 0 saturated heterocycles. The SMILES string of the molecule is CC1(C)COc2cc3occ4c(=O)cc(C(=O)O)cc-4c3c(Cl)c2C1. The predicted molar refractivity (Wildman–Crippen MR) is 94.1 cm³/mol. The van der Waals surface area contributed by atoms with Crippen LogP contribution >= 0.6 is 11.6 Å². The highest BCUT2D eigenvalue weighted by Crippen LogP contribution is 2.45. The zero-order valence-electron chi connectivity index (χ0n) is 13.7. The molecule has 2 aliphatic heterocycles. The molecule has 0 radical (unpaired) electrons. The molecule has 5 nitrogen and oxygen atoms in total. The van der Waals surface area contributed by atoms with E-state index in [0.29, 0.717) is 39.5 Å². The van der Waals surface area contributed by atoms with Crippen molar-refractivity contribution < 1.29 is 19.1 Å². The third-order valence-electron chi connectivity index (χ3n) is 4.53. The van der Waals surface area contributed by atoms with Gasteiger partial charge in [-0.2, -0.15) is 0 Å². The van der Waals surface area contributed by atoms with Crippen LogP contribution in [0.25, 0.3) is 22.1 Å². The van der Waals surface area contributed by atoms with Gasteiger partial charge >= 0.3 is 5.97 Å². The number of halogens is 1. The maximum atomic E-state index is 12.3. The summed E-state index contributed by atoms with van der Waals surface area (Å²) in [5.74, 6) is -0.497. The molecule has 3 aliphatic rings. The molecule has 1 N–H and O–H groups in total. The van der Waals surface area contributed by atoms with Gasteiger partial charge in [0.25, 0.3) is 0 Å². The number of carbonyl (C=O) groups is 1. The molecule has 6 heteroatoms. The molecule has 25 heavy (non-hydrogen) atoms. The Morgan fingerprint density at radius 1 is 1.24 bits per heavy atom.